The molecule has 0 unspecified atom stereocenters. The number of amides is 2. The summed E-state index contributed by atoms with van der Waals surface area (Å²) in [5.74, 6) is -1.24. The Morgan fingerprint density at radius 1 is 0.658 bits per heavy atom. The highest BCUT2D eigenvalue weighted by Crippen LogP contribution is 2.24. The molecule has 2 aromatic heterocycles. The molecular formula is C27H22N4O7. The summed E-state index contributed by atoms with van der Waals surface area (Å²) in [5.41, 5.74) is 11.5. The molecule has 2 amide bonds. The van der Waals surface area contributed by atoms with E-state index in [1.807, 2.05) is 0 Å². The Labute approximate surface area is 216 Å². The summed E-state index contributed by atoms with van der Waals surface area (Å²) in [6.07, 6.45) is 2.97. The number of carbonyl (C=O) groups is 4. The van der Waals surface area contributed by atoms with E-state index in [1.54, 1.807) is 36.4 Å². The van der Waals surface area contributed by atoms with Gasteiger partial charge in [0.1, 0.15) is 22.6 Å². The van der Waals surface area contributed by atoms with Crippen LogP contribution < -0.4 is 20.9 Å². The first kappa shape index (κ1) is 27.0. The Morgan fingerprint density at radius 2 is 1.05 bits per heavy atom. The van der Waals surface area contributed by atoms with E-state index in [9.17, 15) is 19.2 Å². The van der Waals surface area contributed by atoms with Gasteiger partial charge in [0.2, 0.25) is 11.8 Å². The Bertz CT molecular complexity index is 1360. The van der Waals surface area contributed by atoms with E-state index in [4.69, 9.17) is 26.0 Å². The van der Waals surface area contributed by atoms with Crippen LogP contribution in [0.25, 0.3) is 0 Å². The van der Waals surface area contributed by atoms with Crippen LogP contribution in [0.1, 0.15) is 48.4 Å². The summed E-state index contributed by atoms with van der Waals surface area (Å²) in [5, 5.41) is 8.77. The van der Waals surface area contributed by atoms with Crippen LogP contribution in [0, 0.1) is 0 Å². The number of Topliss-reactive ketones (excluding diaryl/α,β-unsaturated/α-hetero) is 1. The Hall–Kier alpha value is -5.58. The molecule has 4 rings (SSSR count). The van der Waals surface area contributed by atoms with Gasteiger partial charge in [0.15, 0.2) is 5.78 Å². The van der Waals surface area contributed by atoms with Crippen molar-refractivity contribution >= 4 is 23.6 Å². The smallest absolute Gasteiger partial charge is 0.335 e. The summed E-state index contributed by atoms with van der Waals surface area (Å²) >= 11 is 0. The lowest BCUT2D eigenvalue weighted by molar-refractivity contribution is 0.0696. The van der Waals surface area contributed by atoms with Gasteiger partial charge in [0.05, 0.1) is 5.56 Å². The maximum atomic E-state index is 11.2. The molecule has 0 radical (unpaired) electrons. The first-order chi connectivity index (χ1) is 18.2. The molecule has 2 aromatic carbocycles. The molecule has 38 heavy (non-hydrogen) atoms. The standard InChI is InChI=1S/C14H12N2O3.C13H10N2O4/c1-9(17)10-4-6-11(7-5-10)19-14-12(13(15)18)3-2-8-16-14;14-11(16)10-2-1-7-15-12(10)19-9-5-3-8(4-6-9)13(17)18/h2-8H,1H3,(H2,15,18);1-7H,(H2,14,16)(H,17,18). The number of carboxylic acid groups (broad SMARTS) is 1. The normalized spacial score (nSPS) is 9.92. The average molecular weight is 514 g/mol. The van der Waals surface area contributed by atoms with Gasteiger partial charge < -0.3 is 26.0 Å². The molecule has 0 aliphatic carbocycles. The number of nitrogens with two attached hydrogens (primary N) is 2. The molecule has 4 aromatic rings. The summed E-state index contributed by atoms with van der Waals surface area (Å²) in [4.78, 5) is 52.1. The second-order valence-electron chi connectivity index (χ2n) is 7.55. The Morgan fingerprint density at radius 3 is 1.39 bits per heavy atom. The third-order valence-corrected chi connectivity index (χ3v) is 4.86. The van der Waals surface area contributed by atoms with Crippen LogP contribution in [0.3, 0.4) is 0 Å². The maximum Gasteiger partial charge on any atom is 0.335 e. The van der Waals surface area contributed by atoms with E-state index in [1.165, 1.54) is 55.7 Å². The highest BCUT2D eigenvalue weighted by molar-refractivity contribution is 5.96. The average Bonchev–Trinajstić information content (AvgIpc) is 2.90. The fourth-order valence-corrected chi connectivity index (χ4v) is 2.97. The third-order valence-electron chi connectivity index (χ3n) is 4.86. The molecule has 0 saturated heterocycles. The summed E-state index contributed by atoms with van der Waals surface area (Å²) < 4.78 is 10.9. The zero-order valence-electron chi connectivity index (χ0n) is 20.0. The van der Waals surface area contributed by atoms with Crippen LogP contribution in [0.5, 0.6) is 23.3 Å². The molecule has 0 bridgehead atoms. The van der Waals surface area contributed by atoms with Gasteiger partial charge >= 0.3 is 5.97 Å². The quantitative estimate of drug-likeness (QED) is 0.294. The summed E-state index contributed by atoms with van der Waals surface area (Å²) in [7, 11) is 0. The fourth-order valence-electron chi connectivity index (χ4n) is 2.97. The number of ether oxygens (including phenoxy) is 2. The largest absolute Gasteiger partial charge is 0.478 e. The van der Waals surface area contributed by atoms with Crippen LogP contribution >= 0.6 is 0 Å². The Balaban J connectivity index is 0.000000211. The number of benzene rings is 2. The molecule has 0 aliphatic heterocycles. The first-order valence-corrected chi connectivity index (χ1v) is 11.0. The number of carbonyl (C=O) groups excluding carboxylic acids is 3. The number of primary amides is 2. The highest BCUT2D eigenvalue weighted by atomic mass is 16.5. The van der Waals surface area contributed by atoms with Crippen LogP contribution in [0.15, 0.2) is 85.2 Å². The summed E-state index contributed by atoms with van der Waals surface area (Å²) in [6, 6.07) is 18.5. The van der Waals surface area contributed by atoms with Gasteiger partial charge in [-0.25, -0.2) is 14.8 Å². The van der Waals surface area contributed by atoms with Crippen molar-refractivity contribution in [3.05, 3.63) is 107 Å². The van der Waals surface area contributed by atoms with Crippen molar-refractivity contribution in [1.29, 1.82) is 0 Å². The van der Waals surface area contributed by atoms with E-state index in [0.29, 0.717) is 17.1 Å². The number of ketones is 1. The molecule has 0 atom stereocenters. The van der Waals surface area contributed by atoms with Crippen molar-refractivity contribution in [3.63, 3.8) is 0 Å². The van der Waals surface area contributed by atoms with Crippen LogP contribution in [0.4, 0.5) is 0 Å². The molecule has 5 N–H and O–H groups in total. The molecular weight excluding hydrogens is 492 g/mol. The van der Waals surface area contributed by atoms with Crippen molar-refractivity contribution in [1.82, 2.24) is 9.97 Å². The van der Waals surface area contributed by atoms with E-state index in [-0.39, 0.29) is 34.2 Å². The Kier molecular flexibility index (Phi) is 8.82. The molecule has 0 spiro atoms. The van der Waals surface area contributed by atoms with Crippen molar-refractivity contribution in [2.45, 2.75) is 6.92 Å². The number of rotatable bonds is 8. The predicted octanol–water partition coefficient (Wildman–Crippen LogP) is 3.85. The van der Waals surface area contributed by atoms with Crippen molar-refractivity contribution in [2.24, 2.45) is 11.5 Å². The van der Waals surface area contributed by atoms with E-state index < -0.39 is 17.8 Å². The van der Waals surface area contributed by atoms with Gasteiger partial charge in [-0.05, 0) is 79.7 Å². The minimum Gasteiger partial charge on any atom is -0.478 e. The van der Waals surface area contributed by atoms with Crippen molar-refractivity contribution in [2.75, 3.05) is 0 Å². The van der Waals surface area contributed by atoms with Gasteiger partial charge in [0, 0.05) is 18.0 Å². The van der Waals surface area contributed by atoms with Crippen LogP contribution in [-0.4, -0.2) is 38.6 Å². The molecule has 0 fully saturated rings. The second-order valence-corrected chi connectivity index (χ2v) is 7.55. The zero-order chi connectivity index (χ0) is 27.7. The molecule has 0 saturated carbocycles. The molecule has 0 aliphatic rings. The van der Waals surface area contributed by atoms with Crippen molar-refractivity contribution < 1.29 is 33.8 Å². The fraction of sp³-hybridized carbons (Fsp3) is 0.0370. The maximum absolute atomic E-state index is 11.2. The van der Waals surface area contributed by atoms with Gasteiger partial charge in [0.25, 0.3) is 11.8 Å². The van der Waals surface area contributed by atoms with Gasteiger partial charge in [-0.2, -0.15) is 0 Å². The molecule has 11 heteroatoms. The van der Waals surface area contributed by atoms with E-state index in [2.05, 4.69) is 9.97 Å². The van der Waals surface area contributed by atoms with Gasteiger partial charge in [-0.15, -0.1) is 0 Å². The highest BCUT2D eigenvalue weighted by Gasteiger charge is 2.12. The predicted molar refractivity (Wildman–Crippen MR) is 136 cm³/mol. The number of pyridine rings is 2. The molecule has 192 valence electrons. The lowest BCUT2D eigenvalue weighted by atomic mass is 10.1. The monoisotopic (exact) mass is 514 g/mol. The lowest BCUT2D eigenvalue weighted by Gasteiger charge is -2.07. The van der Waals surface area contributed by atoms with Crippen LogP contribution in [0.2, 0.25) is 0 Å². The number of hydrogen-bond acceptors (Lipinski definition) is 8. The van der Waals surface area contributed by atoms with Crippen molar-refractivity contribution in [3.8, 4) is 23.3 Å². The van der Waals surface area contributed by atoms with E-state index >= 15 is 0 Å². The molecule has 11 nitrogen and oxygen atoms in total. The second kappa shape index (κ2) is 12.4. The molecule has 2 heterocycles. The number of aromatic carboxylic acids is 1. The minimum atomic E-state index is -1.03. The van der Waals surface area contributed by atoms with Crippen LogP contribution in [-0.2, 0) is 0 Å². The SMILES string of the molecule is CC(=O)c1ccc(Oc2ncccc2C(N)=O)cc1.NC(=O)c1cccnc1Oc1ccc(C(=O)O)cc1. The lowest BCUT2D eigenvalue weighted by Crippen LogP contribution is -2.12. The zero-order valence-corrected chi connectivity index (χ0v) is 20.0. The number of aromatic nitrogens is 2. The van der Waals surface area contributed by atoms with E-state index in [0.717, 1.165) is 0 Å². The topological polar surface area (TPSA) is 185 Å². The van der Waals surface area contributed by atoms with Gasteiger partial charge in [-0.1, -0.05) is 0 Å². The minimum absolute atomic E-state index is 0.0257. The van der Waals surface area contributed by atoms with Gasteiger partial charge in [-0.3, -0.25) is 14.4 Å². The summed E-state index contributed by atoms with van der Waals surface area (Å²) in [6.45, 7) is 1.49. The number of carboxylic acids is 1. The first-order valence-electron chi connectivity index (χ1n) is 11.0. The number of hydrogen-bond donors (Lipinski definition) is 3. The third kappa shape index (κ3) is 7.21. The number of nitrogens with zero attached hydrogens (tertiary/aromatic N) is 2.